The summed E-state index contributed by atoms with van der Waals surface area (Å²) in [6.45, 7) is 0. The molecule has 138 valence electrons. The Morgan fingerprint density at radius 1 is 1.07 bits per heavy atom. The van der Waals surface area contributed by atoms with Crippen molar-refractivity contribution in [2.24, 2.45) is 0 Å². The van der Waals surface area contributed by atoms with Crippen LogP contribution in [0.1, 0.15) is 10.4 Å². The Balaban J connectivity index is 1.69. The molecule has 0 saturated carbocycles. The molecule has 0 saturated heterocycles. The lowest BCUT2D eigenvalue weighted by atomic mass is 10.1. The number of carbonyl (C=O) groups excluding carboxylic acids is 1. The van der Waals surface area contributed by atoms with Crippen LogP contribution in [0.15, 0.2) is 71.1 Å². The number of aromatic nitrogens is 1. The molecule has 0 fully saturated rings. The van der Waals surface area contributed by atoms with E-state index in [0.717, 1.165) is 3.57 Å². The number of fused-ring (bicyclic) bond motifs is 1. The van der Waals surface area contributed by atoms with Crippen LogP contribution in [0.5, 0.6) is 0 Å². The zero-order valence-electron chi connectivity index (χ0n) is 14.3. The van der Waals surface area contributed by atoms with Crippen molar-refractivity contribution in [2.75, 3.05) is 5.32 Å². The molecule has 4 rings (SSSR count). The van der Waals surface area contributed by atoms with Crippen molar-refractivity contribution in [1.82, 2.24) is 4.98 Å². The molecule has 0 aliphatic carbocycles. The van der Waals surface area contributed by atoms with E-state index in [9.17, 15) is 14.9 Å². The number of benzene rings is 3. The third-order valence-electron chi connectivity index (χ3n) is 4.09. The summed E-state index contributed by atoms with van der Waals surface area (Å²) in [5.74, 6) is 0.0182. The quantitative estimate of drug-likeness (QED) is 0.242. The average molecular weight is 485 g/mol. The normalized spacial score (nSPS) is 10.8. The first-order chi connectivity index (χ1) is 13.5. The van der Waals surface area contributed by atoms with Crippen LogP contribution in [0.3, 0.4) is 0 Å². The van der Waals surface area contributed by atoms with Crippen LogP contribution in [-0.4, -0.2) is 15.8 Å². The molecule has 28 heavy (non-hydrogen) atoms. The zero-order valence-corrected chi connectivity index (χ0v) is 16.4. The number of oxazole rings is 1. The molecule has 1 N–H and O–H groups in total. The summed E-state index contributed by atoms with van der Waals surface area (Å²) >= 11 is 2.17. The minimum absolute atomic E-state index is 0.0736. The van der Waals surface area contributed by atoms with Gasteiger partial charge in [-0.25, -0.2) is 4.98 Å². The molecule has 7 nitrogen and oxygen atoms in total. The largest absolute Gasteiger partial charge is 0.436 e. The molecule has 3 aromatic carbocycles. The van der Waals surface area contributed by atoms with Gasteiger partial charge in [0.05, 0.1) is 22.2 Å². The maximum absolute atomic E-state index is 12.6. The zero-order chi connectivity index (χ0) is 19.7. The first-order valence-corrected chi connectivity index (χ1v) is 9.30. The molecular formula is C20H12IN3O4. The summed E-state index contributed by atoms with van der Waals surface area (Å²) < 4.78 is 6.76. The molecule has 0 spiro atoms. The highest BCUT2D eigenvalue weighted by atomic mass is 127. The van der Waals surface area contributed by atoms with Crippen molar-refractivity contribution in [3.8, 4) is 11.5 Å². The summed E-state index contributed by atoms with van der Waals surface area (Å²) in [7, 11) is 0. The number of hydrogen-bond donors (Lipinski definition) is 1. The van der Waals surface area contributed by atoms with E-state index >= 15 is 0 Å². The molecule has 0 aliphatic heterocycles. The van der Waals surface area contributed by atoms with Crippen molar-refractivity contribution in [3.63, 3.8) is 0 Å². The third kappa shape index (κ3) is 3.58. The van der Waals surface area contributed by atoms with E-state index in [-0.39, 0.29) is 17.5 Å². The van der Waals surface area contributed by atoms with Gasteiger partial charge in [0.25, 0.3) is 11.6 Å². The number of non-ortho nitro benzene ring substituents is 1. The number of nitrogens with one attached hydrogen (secondary N) is 1. The topological polar surface area (TPSA) is 98.3 Å². The van der Waals surface area contributed by atoms with Crippen LogP contribution in [-0.2, 0) is 0 Å². The number of amides is 1. The highest BCUT2D eigenvalue weighted by Crippen LogP contribution is 2.31. The smallest absolute Gasteiger partial charge is 0.273 e. The Morgan fingerprint density at radius 3 is 2.57 bits per heavy atom. The number of nitro benzene ring substituents is 1. The second-order valence-corrected chi connectivity index (χ2v) is 7.18. The van der Waals surface area contributed by atoms with Crippen molar-refractivity contribution in [2.45, 2.75) is 0 Å². The Kier molecular flexibility index (Phi) is 4.78. The monoisotopic (exact) mass is 485 g/mol. The van der Waals surface area contributed by atoms with Gasteiger partial charge in [0.15, 0.2) is 5.58 Å². The summed E-state index contributed by atoms with van der Waals surface area (Å²) in [6.07, 6.45) is 0. The molecule has 0 unspecified atom stereocenters. The van der Waals surface area contributed by atoms with Crippen molar-refractivity contribution < 1.29 is 14.1 Å². The van der Waals surface area contributed by atoms with Crippen LogP contribution >= 0.6 is 22.6 Å². The number of halogens is 1. The van der Waals surface area contributed by atoms with Gasteiger partial charge < -0.3 is 9.73 Å². The maximum Gasteiger partial charge on any atom is 0.273 e. The van der Waals surface area contributed by atoms with Crippen LogP contribution in [0.25, 0.3) is 22.6 Å². The number of rotatable bonds is 4. The van der Waals surface area contributed by atoms with E-state index in [4.69, 9.17) is 4.42 Å². The van der Waals surface area contributed by atoms with E-state index in [0.29, 0.717) is 27.9 Å². The van der Waals surface area contributed by atoms with Gasteiger partial charge in [-0.15, -0.1) is 0 Å². The van der Waals surface area contributed by atoms with E-state index in [1.165, 1.54) is 18.2 Å². The summed E-state index contributed by atoms with van der Waals surface area (Å²) in [6, 6.07) is 18.6. The number of anilines is 1. The second kappa shape index (κ2) is 7.39. The third-order valence-corrected chi connectivity index (χ3v) is 4.81. The molecule has 1 heterocycles. The summed E-state index contributed by atoms with van der Waals surface area (Å²) in [5.41, 5.74) is 2.38. The summed E-state index contributed by atoms with van der Waals surface area (Å²) in [5, 5.41) is 13.8. The number of para-hydroxylation sites is 1. The lowest BCUT2D eigenvalue weighted by Gasteiger charge is -2.09. The van der Waals surface area contributed by atoms with E-state index in [1.54, 1.807) is 36.4 Å². The van der Waals surface area contributed by atoms with E-state index in [1.807, 2.05) is 12.1 Å². The van der Waals surface area contributed by atoms with Gasteiger partial charge in [-0.2, -0.15) is 0 Å². The fraction of sp³-hybridized carbons (Fsp3) is 0. The Hall–Kier alpha value is -3.27. The molecule has 1 aromatic heterocycles. The van der Waals surface area contributed by atoms with Gasteiger partial charge in [0.2, 0.25) is 5.89 Å². The highest BCUT2D eigenvalue weighted by Gasteiger charge is 2.16. The van der Waals surface area contributed by atoms with Crippen LogP contribution in [0, 0.1) is 13.7 Å². The van der Waals surface area contributed by atoms with E-state index < -0.39 is 4.92 Å². The first-order valence-electron chi connectivity index (χ1n) is 8.22. The molecule has 8 heteroatoms. The van der Waals surface area contributed by atoms with Gasteiger partial charge in [-0.1, -0.05) is 12.1 Å². The molecule has 0 aliphatic rings. The van der Waals surface area contributed by atoms with Crippen molar-refractivity contribution >= 4 is 51.0 Å². The Bertz CT molecular complexity index is 1200. The Morgan fingerprint density at radius 2 is 1.82 bits per heavy atom. The molecule has 1 amide bonds. The minimum atomic E-state index is -0.489. The Labute approximate surface area is 172 Å². The summed E-state index contributed by atoms with van der Waals surface area (Å²) in [4.78, 5) is 27.4. The van der Waals surface area contributed by atoms with Crippen molar-refractivity contribution in [1.29, 1.82) is 0 Å². The molecule has 0 radical (unpaired) electrons. The number of nitrogens with zero attached hydrogens (tertiary/aromatic N) is 2. The van der Waals surface area contributed by atoms with Crippen LogP contribution in [0.2, 0.25) is 0 Å². The lowest BCUT2D eigenvalue weighted by molar-refractivity contribution is -0.384. The van der Waals surface area contributed by atoms with Gasteiger partial charge in [0.1, 0.15) is 5.52 Å². The van der Waals surface area contributed by atoms with Gasteiger partial charge in [-0.05, 0) is 65.1 Å². The molecular weight excluding hydrogens is 473 g/mol. The van der Waals surface area contributed by atoms with Crippen LogP contribution < -0.4 is 5.32 Å². The highest BCUT2D eigenvalue weighted by molar-refractivity contribution is 14.1. The average Bonchev–Trinajstić information content (AvgIpc) is 3.12. The predicted octanol–water partition coefficient (Wildman–Crippen LogP) is 5.26. The number of hydrogen-bond acceptors (Lipinski definition) is 5. The van der Waals surface area contributed by atoms with Crippen molar-refractivity contribution in [3.05, 3.63) is 86.0 Å². The standard InChI is InChI=1S/C20H12IN3O4/c21-13-7-5-12(6-8-13)19(25)22-16-4-2-1-3-15(16)20-23-17-10-9-14(24(26)27)11-18(17)28-20/h1-11H,(H,22,25). The molecule has 0 bridgehead atoms. The minimum Gasteiger partial charge on any atom is -0.436 e. The maximum atomic E-state index is 12.6. The predicted molar refractivity (Wildman–Crippen MR) is 113 cm³/mol. The SMILES string of the molecule is O=C(Nc1ccccc1-c1nc2ccc([N+](=O)[O-])cc2o1)c1ccc(I)cc1. The first kappa shape index (κ1) is 18.1. The van der Waals surface area contributed by atoms with Crippen LogP contribution in [0.4, 0.5) is 11.4 Å². The van der Waals surface area contributed by atoms with E-state index in [2.05, 4.69) is 32.9 Å². The fourth-order valence-corrected chi connectivity index (χ4v) is 3.08. The number of nitro groups is 1. The second-order valence-electron chi connectivity index (χ2n) is 5.93. The number of carbonyl (C=O) groups is 1. The fourth-order valence-electron chi connectivity index (χ4n) is 2.72. The lowest BCUT2D eigenvalue weighted by Crippen LogP contribution is -2.12. The van der Waals surface area contributed by atoms with Gasteiger partial charge in [-0.3, -0.25) is 14.9 Å². The van der Waals surface area contributed by atoms with Gasteiger partial charge >= 0.3 is 0 Å². The molecule has 4 aromatic rings. The molecule has 0 atom stereocenters. The van der Waals surface area contributed by atoms with Gasteiger partial charge in [0, 0.05) is 15.2 Å².